The van der Waals surface area contributed by atoms with Crippen molar-refractivity contribution >= 4 is 12.2 Å². The number of hydrogen-bond donors (Lipinski definition) is 2. The van der Waals surface area contributed by atoms with Crippen LogP contribution < -0.4 is 9.47 Å². The van der Waals surface area contributed by atoms with Crippen LogP contribution in [0.4, 0.5) is 0 Å². The van der Waals surface area contributed by atoms with Gasteiger partial charge in [0.25, 0.3) is 0 Å². The number of rotatable bonds is 4. The van der Waals surface area contributed by atoms with Gasteiger partial charge >= 0.3 is 0 Å². The average Bonchev–Trinajstić information content (AvgIpc) is 2.45. The summed E-state index contributed by atoms with van der Waals surface area (Å²) >= 11 is 0. The molecule has 0 aliphatic carbocycles. The third-order valence-corrected chi connectivity index (χ3v) is 2.82. The highest BCUT2D eigenvalue weighted by Gasteiger charge is 2.01. The Labute approximate surface area is 117 Å². The van der Waals surface area contributed by atoms with Gasteiger partial charge in [-0.15, -0.1) is 0 Å². The van der Waals surface area contributed by atoms with E-state index in [1.807, 2.05) is 18.2 Å². The molecule has 2 aromatic rings. The monoisotopic (exact) mass is 272 g/mol. The highest BCUT2D eigenvalue weighted by atomic mass is 16.5. The Kier molecular flexibility index (Phi) is 4.15. The molecule has 4 nitrogen and oxygen atoms in total. The molecule has 0 heterocycles. The molecular weight excluding hydrogens is 256 g/mol. The van der Waals surface area contributed by atoms with Gasteiger partial charge < -0.3 is 19.7 Å². The molecule has 0 aliphatic heterocycles. The molecule has 0 aromatic heterocycles. The number of ether oxygens (including phenoxy) is 2. The maximum atomic E-state index is 9.57. The molecule has 2 rings (SSSR count). The van der Waals surface area contributed by atoms with Gasteiger partial charge in [-0.2, -0.15) is 0 Å². The first kappa shape index (κ1) is 13.8. The van der Waals surface area contributed by atoms with E-state index in [-0.39, 0.29) is 11.5 Å². The van der Waals surface area contributed by atoms with Crippen LogP contribution >= 0.6 is 0 Å². The normalized spacial score (nSPS) is 10.7. The summed E-state index contributed by atoms with van der Waals surface area (Å²) in [4.78, 5) is 0. The van der Waals surface area contributed by atoms with Gasteiger partial charge in [-0.05, 0) is 35.4 Å². The molecule has 0 radical (unpaired) electrons. The number of methoxy groups -OCH3 is 2. The number of hydrogen-bond acceptors (Lipinski definition) is 4. The van der Waals surface area contributed by atoms with Crippen molar-refractivity contribution in [2.45, 2.75) is 0 Å². The first-order chi connectivity index (χ1) is 9.62. The van der Waals surface area contributed by atoms with Crippen molar-refractivity contribution in [2.24, 2.45) is 0 Å². The predicted octanol–water partition coefficient (Wildman–Crippen LogP) is 3.29. The van der Waals surface area contributed by atoms with Crippen LogP contribution in [0.25, 0.3) is 12.2 Å². The molecule has 20 heavy (non-hydrogen) atoms. The molecule has 0 fully saturated rings. The van der Waals surface area contributed by atoms with Crippen molar-refractivity contribution < 1.29 is 19.7 Å². The van der Waals surface area contributed by atoms with E-state index < -0.39 is 0 Å². The summed E-state index contributed by atoms with van der Waals surface area (Å²) in [7, 11) is 3.05. The number of phenolic OH excluding ortho intramolecular Hbond substituents is 2. The lowest BCUT2D eigenvalue weighted by Gasteiger charge is -2.04. The Morgan fingerprint density at radius 3 is 2.30 bits per heavy atom. The molecule has 2 N–H and O–H groups in total. The Hall–Kier alpha value is -2.62. The van der Waals surface area contributed by atoms with Gasteiger partial charge in [-0.25, -0.2) is 0 Å². The van der Waals surface area contributed by atoms with Crippen LogP contribution in [-0.2, 0) is 0 Å². The maximum Gasteiger partial charge on any atom is 0.161 e. The second kappa shape index (κ2) is 6.02. The first-order valence-corrected chi connectivity index (χ1v) is 6.05. The van der Waals surface area contributed by atoms with E-state index in [0.29, 0.717) is 11.5 Å². The fourth-order valence-corrected chi connectivity index (χ4v) is 1.81. The van der Waals surface area contributed by atoms with Gasteiger partial charge in [-0.3, -0.25) is 0 Å². The third kappa shape index (κ3) is 3.23. The Balaban J connectivity index is 2.27. The molecule has 0 amide bonds. The van der Waals surface area contributed by atoms with Gasteiger partial charge in [0.05, 0.1) is 14.2 Å². The third-order valence-electron chi connectivity index (χ3n) is 2.82. The molecule has 2 aromatic carbocycles. The summed E-state index contributed by atoms with van der Waals surface area (Å²) in [6.07, 6.45) is 3.70. The lowest BCUT2D eigenvalue weighted by Crippen LogP contribution is -1.85. The number of benzene rings is 2. The molecule has 0 unspecified atom stereocenters. The van der Waals surface area contributed by atoms with E-state index in [1.54, 1.807) is 37.4 Å². The molecule has 0 aliphatic rings. The van der Waals surface area contributed by atoms with Crippen LogP contribution in [0.3, 0.4) is 0 Å². The topological polar surface area (TPSA) is 58.9 Å². The van der Waals surface area contributed by atoms with Crippen molar-refractivity contribution in [2.75, 3.05) is 14.2 Å². The molecule has 104 valence electrons. The van der Waals surface area contributed by atoms with Gasteiger partial charge in [0, 0.05) is 6.07 Å². The lowest BCUT2D eigenvalue weighted by molar-refractivity contribution is 0.373. The van der Waals surface area contributed by atoms with Crippen molar-refractivity contribution in [3.63, 3.8) is 0 Å². The van der Waals surface area contributed by atoms with Crippen LogP contribution in [0.15, 0.2) is 36.4 Å². The van der Waals surface area contributed by atoms with Crippen LogP contribution in [-0.4, -0.2) is 24.4 Å². The van der Waals surface area contributed by atoms with Crippen molar-refractivity contribution in [1.82, 2.24) is 0 Å². The number of phenols is 2. The fourth-order valence-electron chi connectivity index (χ4n) is 1.81. The zero-order valence-corrected chi connectivity index (χ0v) is 11.3. The second-order valence-corrected chi connectivity index (χ2v) is 4.23. The molecule has 4 heteroatoms. The Morgan fingerprint density at radius 2 is 1.60 bits per heavy atom. The summed E-state index contributed by atoms with van der Waals surface area (Å²) in [5, 5.41) is 19.1. The van der Waals surface area contributed by atoms with Gasteiger partial charge in [0.1, 0.15) is 11.5 Å². The SMILES string of the molecule is COc1cc(O)cc(C=Cc2ccc(O)c(OC)c2)c1. The standard InChI is InChI=1S/C16H16O4/c1-19-14-8-12(7-13(17)10-14)4-3-11-5-6-15(18)16(9-11)20-2/h3-10,17-18H,1-2H3. The highest BCUT2D eigenvalue weighted by molar-refractivity contribution is 5.72. The van der Waals surface area contributed by atoms with Gasteiger partial charge in [0.15, 0.2) is 11.5 Å². The summed E-state index contributed by atoms with van der Waals surface area (Å²) < 4.78 is 10.1. The molecule has 0 saturated carbocycles. The van der Waals surface area contributed by atoms with E-state index in [0.717, 1.165) is 11.1 Å². The summed E-state index contributed by atoms with van der Waals surface area (Å²) in [6, 6.07) is 10.1. The Morgan fingerprint density at radius 1 is 0.850 bits per heavy atom. The Bertz CT molecular complexity index is 632. The summed E-state index contributed by atoms with van der Waals surface area (Å²) in [5.74, 6) is 1.25. The molecular formula is C16H16O4. The average molecular weight is 272 g/mol. The first-order valence-electron chi connectivity index (χ1n) is 6.05. The zero-order chi connectivity index (χ0) is 14.5. The quantitative estimate of drug-likeness (QED) is 0.838. The van der Waals surface area contributed by atoms with Crippen molar-refractivity contribution in [3.05, 3.63) is 47.5 Å². The van der Waals surface area contributed by atoms with Crippen LogP contribution in [0.2, 0.25) is 0 Å². The maximum absolute atomic E-state index is 9.57. The van der Waals surface area contributed by atoms with Gasteiger partial charge in [-0.1, -0.05) is 18.2 Å². The minimum Gasteiger partial charge on any atom is -0.508 e. The smallest absolute Gasteiger partial charge is 0.161 e. The van der Waals surface area contributed by atoms with E-state index in [1.165, 1.54) is 7.11 Å². The molecule has 0 saturated heterocycles. The summed E-state index contributed by atoms with van der Waals surface area (Å²) in [5.41, 5.74) is 1.69. The van der Waals surface area contributed by atoms with Crippen LogP contribution in [0, 0.1) is 0 Å². The van der Waals surface area contributed by atoms with E-state index in [2.05, 4.69) is 0 Å². The molecule has 0 spiro atoms. The molecule has 0 atom stereocenters. The largest absolute Gasteiger partial charge is 0.508 e. The van der Waals surface area contributed by atoms with Crippen molar-refractivity contribution in [1.29, 1.82) is 0 Å². The van der Waals surface area contributed by atoms with Crippen molar-refractivity contribution in [3.8, 4) is 23.0 Å². The predicted molar refractivity (Wildman–Crippen MR) is 78.2 cm³/mol. The van der Waals surface area contributed by atoms with Crippen LogP contribution in [0.1, 0.15) is 11.1 Å². The van der Waals surface area contributed by atoms with Gasteiger partial charge in [0.2, 0.25) is 0 Å². The van der Waals surface area contributed by atoms with E-state index in [9.17, 15) is 10.2 Å². The second-order valence-electron chi connectivity index (χ2n) is 4.23. The fraction of sp³-hybridized carbons (Fsp3) is 0.125. The number of aromatic hydroxyl groups is 2. The summed E-state index contributed by atoms with van der Waals surface area (Å²) in [6.45, 7) is 0. The minimum absolute atomic E-state index is 0.101. The minimum atomic E-state index is 0.101. The van der Waals surface area contributed by atoms with Crippen LogP contribution in [0.5, 0.6) is 23.0 Å². The van der Waals surface area contributed by atoms with E-state index in [4.69, 9.17) is 9.47 Å². The zero-order valence-electron chi connectivity index (χ0n) is 11.3. The lowest BCUT2D eigenvalue weighted by atomic mass is 10.1. The molecule has 0 bridgehead atoms. The van der Waals surface area contributed by atoms with E-state index >= 15 is 0 Å². The highest BCUT2D eigenvalue weighted by Crippen LogP contribution is 2.28.